The molecule has 0 aliphatic carbocycles. The quantitative estimate of drug-likeness (QED) is 0.207. The number of aromatic nitrogens is 1. The van der Waals surface area contributed by atoms with Crippen LogP contribution in [0.5, 0.6) is 0 Å². The van der Waals surface area contributed by atoms with Gasteiger partial charge in [0.15, 0.2) is 5.96 Å². The predicted octanol–water partition coefficient (Wildman–Crippen LogP) is 3.04. The van der Waals surface area contributed by atoms with Crippen LogP contribution in [0, 0.1) is 0 Å². The molecule has 0 aliphatic heterocycles. The number of ether oxygens (including phenoxy) is 2. The first-order valence-corrected chi connectivity index (χ1v) is 9.58. The largest absolute Gasteiger partial charge is 0.382 e. The van der Waals surface area contributed by atoms with Gasteiger partial charge >= 0.3 is 0 Å². The molecule has 8 heteroatoms. The molecule has 1 aromatic heterocycles. The molecule has 0 spiro atoms. The minimum atomic E-state index is 0. The molecule has 6 nitrogen and oxygen atoms in total. The van der Waals surface area contributed by atoms with Crippen LogP contribution >= 0.6 is 35.3 Å². The molecule has 0 fully saturated rings. The van der Waals surface area contributed by atoms with Gasteiger partial charge in [0, 0.05) is 51.1 Å². The van der Waals surface area contributed by atoms with E-state index in [9.17, 15) is 0 Å². The average Bonchev–Trinajstić information content (AvgIpc) is 3.03. The van der Waals surface area contributed by atoms with Crippen molar-refractivity contribution in [3.8, 4) is 0 Å². The summed E-state index contributed by atoms with van der Waals surface area (Å²) >= 11 is 1.74. The smallest absolute Gasteiger partial charge is 0.191 e. The molecule has 0 aromatic carbocycles. The van der Waals surface area contributed by atoms with E-state index in [1.807, 2.05) is 0 Å². The van der Waals surface area contributed by atoms with Crippen LogP contribution in [0.25, 0.3) is 0 Å². The van der Waals surface area contributed by atoms with Gasteiger partial charge in [0.2, 0.25) is 0 Å². The number of halogens is 1. The molecule has 0 unspecified atom stereocenters. The number of hydrogen-bond acceptors (Lipinski definition) is 5. The number of nitrogens with one attached hydrogen (secondary N) is 2. The summed E-state index contributed by atoms with van der Waals surface area (Å²) in [5, 5.41) is 9.98. The molecule has 25 heavy (non-hydrogen) atoms. The maximum atomic E-state index is 5.43. The molecule has 0 amide bonds. The highest BCUT2D eigenvalue weighted by atomic mass is 127. The summed E-state index contributed by atoms with van der Waals surface area (Å²) in [5.74, 6) is 1.36. The monoisotopic (exact) mass is 484 g/mol. The number of rotatable bonds is 12. The highest BCUT2D eigenvalue weighted by Crippen LogP contribution is 2.19. The Kier molecular flexibility index (Phi) is 15.5. The lowest BCUT2D eigenvalue weighted by Gasteiger charge is -2.10. The van der Waals surface area contributed by atoms with E-state index in [-0.39, 0.29) is 24.0 Å². The lowest BCUT2D eigenvalue weighted by molar-refractivity contribution is 0.0702. The van der Waals surface area contributed by atoms with Crippen molar-refractivity contribution in [2.24, 2.45) is 4.99 Å². The first kappa shape index (κ1) is 24.6. The first-order valence-electron chi connectivity index (χ1n) is 8.70. The van der Waals surface area contributed by atoms with Crippen molar-refractivity contribution in [3.63, 3.8) is 0 Å². The van der Waals surface area contributed by atoms with Gasteiger partial charge in [-0.25, -0.2) is 4.98 Å². The third-order valence-electron chi connectivity index (χ3n) is 3.23. The van der Waals surface area contributed by atoms with Crippen molar-refractivity contribution < 1.29 is 9.47 Å². The van der Waals surface area contributed by atoms with Gasteiger partial charge in [-0.1, -0.05) is 13.8 Å². The molecule has 0 bridgehead atoms. The Morgan fingerprint density at radius 2 is 2.08 bits per heavy atom. The van der Waals surface area contributed by atoms with Crippen LogP contribution < -0.4 is 10.6 Å². The SMILES string of the molecule is CCNC(=NCCCOCCOC)NCCc1csc(C(C)C)n1.I. The zero-order chi connectivity index (χ0) is 17.6. The van der Waals surface area contributed by atoms with E-state index in [4.69, 9.17) is 9.47 Å². The Hall–Kier alpha value is -0.450. The summed E-state index contributed by atoms with van der Waals surface area (Å²) in [6.07, 6.45) is 1.82. The Morgan fingerprint density at radius 1 is 1.28 bits per heavy atom. The van der Waals surface area contributed by atoms with Gasteiger partial charge < -0.3 is 20.1 Å². The van der Waals surface area contributed by atoms with Crippen LogP contribution in [-0.4, -0.2) is 57.5 Å². The summed E-state index contributed by atoms with van der Waals surface area (Å²) in [6.45, 7) is 10.8. The second kappa shape index (κ2) is 15.8. The summed E-state index contributed by atoms with van der Waals surface area (Å²) in [4.78, 5) is 9.22. The molecule has 1 heterocycles. The molecule has 0 saturated heterocycles. The number of methoxy groups -OCH3 is 1. The average molecular weight is 484 g/mol. The maximum Gasteiger partial charge on any atom is 0.191 e. The normalized spacial score (nSPS) is 11.5. The van der Waals surface area contributed by atoms with E-state index in [1.165, 1.54) is 5.01 Å². The Balaban J connectivity index is 0.00000576. The van der Waals surface area contributed by atoms with E-state index < -0.39 is 0 Å². The van der Waals surface area contributed by atoms with E-state index in [0.717, 1.165) is 44.1 Å². The molecular formula is C17H33IN4O2S. The van der Waals surface area contributed by atoms with E-state index >= 15 is 0 Å². The third-order valence-corrected chi connectivity index (χ3v) is 4.42. The standard InChI is InChI=1S/C17H32N4O2S.HI/c1-5-18-17(19-8-6-10-23-12-11-22-4)20-9-7-15-13-24-16(21-15)14(2)3;/h13-14H,5-12H2,1-4H3,(H2,18,19,20);1H. The number of guanidine groups is 1. The molecule has 1 rings (SSSR count). The second-order valence-corrected chi connectivity index (χ2v) is 6.62. The van der Waals surface area contributed by atoms with Gasteiger partial charge in [-0.15, -0.1) is 35.3 Å². The van der Waals surface area contributed by atoms with Gasteiger partial charge in [0.05, 0.1) is 23.9 Å². The lowest BCUT2D eigenvalue weighted by atomic mass is 10.2. The highest BCUT2D eigenvalue weighted by molar-refractivity contribution is 14.0. The van der Waals surface area contributed by atoms with Crippen molar-refractivity contribution in [2.75, 3.05) is 46.6 Å². The summed E-state index contributed by atoms with van der Waals surface area (Å²) in [6, 6.07) is 0. The molecule has 0 aliphatic rings. The van der Waals surface area contributed by atoms with Gasteiger partial charge in [-0.3, -0.25) is 4.99 Å². The minimum absolute atomic E-state index is 0. The third kappa shape index (κ3) is 11.7. The van der Waals surface area contributed by atoms with Crippen molar-refractivity contribution in [2.45, 2.75) is 39.5 Å². The number of nitrogens with zero attached hydrogens (tertiary/aromatic N) is 2. The van der Waals surface area contributed by atoms with Crippen molar-refractivity contribution in [1.29, 1.82) is 0 Å². The predicted molar refractivity (Wildman–Crippen MR) is 117 cm³/mol. The summed E-state index contributed by atoms with van der Waals surface area (Å²) in [5.41, 5.74) is 1.15. The number of hydrogen-bond donors (Lipinski definition) is 2. The Morgan fingerprint density at radius 3 is 2.72 bits per heavy atom. The van der Waals surface area contributed by atoms with E-state index in [2.05, 4.69) is 46.8 Å². The van der Waals surface area contributed by atoms with Crippen LogP contribution in [0.15, 0.2) is 10.4 Å². The van der Waals surface area contributed by atoms with Crippen LogP contribution in [0.4, 0.5) is 0 Å². The van der Waals surface area contributed by atoms with Crippen LogP contribution in [0.3, 0.4) is 0 Å². The van der Waals surface area contributed by atoms with E-state index in [0.29, 0.717) is 25.7 Å². The first-order chi connectivity index (χ1) is 11.7. The molecule has 2 N–H and O–H groups in total. The van der Waals surface area contributed by atoms with Crippen molar-refractivity contribution in [3.05, 3.63) is 16.1 Å². The molecule has 146 valence electrons. The fourth-order valence-corrected chi connectivity index (χ4v) is 2.82. The van der Waals surface area contributed by atoms with Gasteiger partial charge in [-0.05, 0) is 13.3 Å². The van der Waals surface area contributed by atoms with Gasteiger partial charge in [0.25, 0.3) is 0 Å². The van der Waals surface area contributed by atoms with Crippen LogP contribution in [-0.2, 0) is 15.9 Å². The Bertz CT molecular complexity index is 469. The number of thiazole rings is 1. The lowest BCUT2D eigenvalue weighted by Crippen LogP contribution is -2.38. The molecule has 0 radical (unpaired) electrons. The van der Waals surface area contributed by atoms with Crippen molar-refractivity contribution >= 4 is 41.3 Å². The maximum absolute atomic E-state index is 5.43. The van der Waals surface area contributed by atoms with Crippen LogP contribution in [0.2, 0.25) is 0 Å². The molecule has 1 aromatic rings. The minimum Gasteiger partial charge on any atom is -0.382 e. The molecule has 0 saturated carbocycles. The fourth-order valence-electron chi connectivity index (χ4n) is 1.96. The molecule has 0 atom stereocenters. The zero-order valence-electron chi connectivity index (χ0n) is 15.8. The van der Waals surface area contributed by atoms with E-state index in [1.54, 1.807) is 18.4 Å². The summed E-state index contributed by atoms with van der Waals surface area (Å²) < 4.78 is 10.4. The second-order valence-electron chi connectivity index (χ2n) is 5.73. The van der Waals surface area contributed by atoms with Gasteiger partial charge in [0.1, 0.15) is 0 Å². The molecular weight excluding hydrogens is 451 g/mol. The fraction of sp³-hybridized carbons (Fsp3) is 0.765. The Labute approximate surface area is 173 Å². The van der Waals surface area contributed by atoms with Crippen molar-refractivity contribution in [1.82, 2.24) is 15.6 Å². The number of aliphatic imine (C=N–C) groups is 1. The zero-order valence-corrected chi connectivity index (χ0v) is 19.0. The van der Waals surface area contributed by atoms with Gasteiger partial charge in [-0.2, -0.15) is 0 Å². The summed E-state index contributed by atoms with van der Waals surface area (Å²) in [7, 11) is 1.68. The highest BCUT2D eigenvalue weighted by Gasteiger charge is 2.05. The van der Waals surface area contributed by atoms with Crippen LogP contribution in [0.1, 0.15) is 43.8 Å². The topological polar surface area (TPSA) is 67.8 Å².